The quantitative estimate of drug-likeness (QED) is 0.673. The van der Waals surface area contributed by atoms with Gasteiger partial charge in [0.15, 0.2) is 5.76 Å². The molecule has 0 aliphatic carbocycles. The van der Waals surface area contributed by atoms with Crippen molar-refractivity contribution in [1.29, 1.82) is 0 Å². The minimum absolute atomic E-state index is 0.0249. The zero-order valence-electron chi connectivity index (χ0n) is 11.8. The summed E-state index contributed by atoms with van der Waals surface area (Å²) in [7, 11) is -4.00. The highest BCUT2D eigenvalue weighted by Crippen LogP contribution is 2.18. The number of carbonyl (C=O) groups excluding carboxylic acids is 1. The summed E-state index contributed by atoms with van der Waals surface area (Å²) in [6, 6.07) is -0.0700. The van der Waals surface area contributed by atoms with E-state index >= 15 is 0 Å². The maximum absolute atomic E-state index is 11.9. The van der Waals surface area contributed by atoms with Gasteiger partial charge in [0.1, 0.15) is 16.7 Å². The van der Waals surface area contributed by atoms with E-state index in [9.17, 15) is 18.0 Å². The van der Waals surface area contributed by atoms with Gasteiger partial charge in [-0.05, 0) is 13.3 Å². The maximum Gasteiger partial charge on any atom is 0.326 e. The molecule has 0 aliphatic heterocycles. The molecule has 1 amide bonds. The van der Waals surface area contributed by atoms with Crippen molar-refractivity contribution in [1.82, 2.24) is 5.32 Å². The van der Waals surface area contributed by atoms with E-state index in [1.165, 1.54) is 6.92 Å². The van der Waals surface area contributed by atoms with Gasteiger partial charge in [-0.3, -0.25) is 4.79 Å². The van der Waals surface area contributed by atoms with Gasteiger partial charge in [-0.2, -0.15) is 0 Å². The molecule has 8 nitrogen and oxygen atoms in total. The first-order valence-electron chi connectivity index (χ1n) is 6.33. The average Bonchev–Trinajstić information content (AvgIpc) is 2.76. The third kappa shape index (κ3) is 4.57. The summed E-state index contributed by atoms with van der Waals surface area (Å²) in [5, 5.41) is 16.3. The molecule has 0 fully saturated rings. The molecular formula is C12H18N2O6S. The predicted octanol–water partition coefficient (Wildman–Crippen LogP) is 0.609. The molecule has 21 heavy (non-hydrogen) atoms. The van der Waals surface area contributed by atoms with Crippen LogP contribution in [0.1, 0.15) is 42.5 Å². The molecule has 1 aromatic heterocycles. The number of carbonyl (C=O) groups is 2. The zero-order valence-corrected chi connectivity index (χ0v) is 12.6. The van der Waals surface area contributed by atoms with E-state index in [1.54, 1.807) is 0 Å². The first-order valence-corrected chi connectivity index (χ1v) is 7.88. The smallest absolute Gasteiger partial charge is 0.326 e. The van der Waals surface area contributed by atoms with Crippen LogP contribution in [0.2, 0.25) is 0 Å². The molecule has 0 unspecified atom stereocenters. The summed E-state index contributed by atoms with van der Waals surface area (Å²) in [6.07, 6.45) is 1.70. The number of hydrogen-bond acceptors (Lipinski definition) is 5. The fourth-order valence-corrected chi connectivity index (χ4v) is 2.47. The second kappa shape index (κ2) is 6.72. The van der Waals surface area contributed by atoms with Crippen LogP contribution in [0.5, 0.6) is 0 Å². The highest BCUT2D eigenvalue weighted by Gasteiger charge is 2.25. The normalized spacial score (nSPS) is 12.9. The Bertz CT molecular complexity index is 634. The second-order valence-electron chi connectivity index (χ2n) is 4.58. The van der Waals surface area contributed by atoms with Crippen LogP contribution in [-0.4, -0.2) is 31.4 Å². The summed E-state index contributed by atoms with van der Waals surface area (Å²) in [5.74, 6) is -2.27. The lowest BCUT2D eigenvalue weighted by Crippen LogP contribution is -2.40. The topological polar surface area (TPSA) is 140 Å². The Hall–Kier alpha value is -1.87. The number of aryl methyl sites for hydroxylation is 1. The second-order valence-corrected chi connectivity index (χ2v) is 6.11. The molecule has 1 atom stereocenters. The van der Waals surface area contributed by atoms with Crippen LogP contribution in [0.25, 0.3) is 0 Å². The van der Waals surface area contributed by atoms with Gasteiger partial charge in [-0.25, -0.2) is 18.4 Å². The van der Waals surface area contributed by atoms with E-state index in [0.29, 0.717) is 6.42 Å². The third-order valence-electron chi connectivity index (χ3n) is 2.85. The van der Waals surface area contributed by atoms with Crippen molar-refractivity contribution in [2.45, 2.75) is 44.0 Å². The van der Waals surface area contributed by atoms with Crippen molar-refractivity contribution in [3.63, 3.8) is 0 Å². The Balaban J connectivity index is 2.91. The Morgan fingerprint density at radius 2 is 2.10 bits per heavy atom. The predicted molar refractivity (Wildman–Crippen MR) is 73.2 cm³/mol. The van der Waals surface area contributed by atoms with Gasteiger partial charge >= 0.3 is 5.97 Å². The molecule has 1 aromatic rings. The molecule has 1 rings (SSSR count). The molecule has 4 N–H and O–H groups in total. The number of amides is 1. The van der Waals surface area contributed by atoms with Crippen molar-refractivity contribution >= 4 is 21.9 Å². The molecule has 1 heterocycles. The van der Waals surface area contributed by atoms with E-state index < -0.39 is 27.9 Å². The fourth-order valence-electron chi connectivity index (χ4n) is 1.75. The van der Waals surface area contributed by atoms with E-state index in [0.717, 1.165) is 12.5 Å². The van der Waals surface area contributed by atoms with Gasteiger partial charge in [0.05, 0.1) is 0 Å². The first kappa shape index (κ1) is 17.2. The monoisotopic (exact) mass is 318 g/mol. The van der Waals surface area contributed by atoms with Crippen molar-refractivity contribution in [3.05, 3.63) is 17.6 Å². The number of aliphatic carboxylic acids is 1. The summed E-state index contributed by atoms with van der Waals surface area (Å²) in [5.41, 5.74) is 0. The molecule has 0 spiro atoms. The van der Waals surface area contributed by atoms with E-state index in [4.69, 9.17) is 14.7 Å². The molecule has 118 valence electrons. The van der Waals surface area contributed by atoms with Gasteiger partial charge in [0, 0.05) is 6.07 Å². The number of nitrogens with one attached hydrogen (secondary N) is 1. The highest BCUT2D eigenvalue weighted by atomic mass is 32.2. The van der Waals surface area contributed by atoms with E-state index in [2.05, 4.69) is 5.32 Å². The van der Waals surface area contributed by atoms with Crippen LogP contribution < -0.4 is 10.5 Å². The largest absolute Gasteiger partial charge is 0.480 e. The van der Waals surface area contributed by atoms with Crippen LogP contribution in [0, 0.1) is 6.92 Å². The van der Waals surface area contributed by atoms with Crippen LogP contribution >= 0.6 is 0 Å². The molecule has 0 aliphatic rings. The number of unbranched alkanes of at least 4 members (excludes halogenated alkanes) is 1. The summed E-state index contributed by atoms with van der Waals surface area (Å²) < 4.78 is 27.5. The third-order valence-corrected chi connectivity index (χ3v) is 3.87. The summed E-state index contributed by atoms with van der Waals surface area (Å²) >= 11 is 0. The molecule has 0 saturated heterocycles. The number of rotatable bonds is 7. The van der Waals surface area contributed by atoms with Gasteiger partial charge in [0.25, 0.3) is 5.91 Å². The average molecular weight is 318 g/mol. The number of sulfonamides is 1. The molecule has 9 heteroatoms. The zero-order chi connectivity index (χ0) is 16.2. The minimum atomic E-state index is -4.00. The van der Waals surface area contributed by atoms with Gasteiger partial charge < -0.3 is 14.8 Å². The highest BCUT2D eigenvalue weighted by molar-refractivity contribution is 7.89. The first-order chi connectivity index (χ1) is 9.66. The molecule has 0 radical (unpaired) electrons. The van der Waals surface area contributed by atoms with Crippen molar-refractivity contribution < 1.29 is 27.5 Å². The number of carboxylic acid groups (broad SMARTS) is 1. The lowest BCUT2D eigenvalue weighted by molar-refractivity contribution is -0.139. The Kier molecular flexibility index (Phi) is 5.50. The maximum atomic E-state index is 11.9. The minimum Gasteiger partial charge on any atom is -0.480 e. The Morgan fingerprint density at radius 1 is 1.48 bits per heavy atom. The lowest BCUT2D eigenvalue weighted by atomic mass is 10.1. The number of carboxylic acids is 1. The molecule has 0 aromatic carbocycles. The van der Waals surface area contributed by atoms with Crippen molar-refractivity contribution in [3.8, 4) is 0 Å². The number of nitrogens with two attached hydrogens (primary N) is 1. The van der Waals surface area contributed by atoms with Crippen LogP contribution in [0.3, 0.4) is 0 Å². The van der Waals surface area contributed by atoms with Gasteiger partial charge in [0.2, 0.25) is 10.0 Å². The van der Waals surface area contributed by atoms with Crippen LogP contribution in [-0.2, 0) is 14.8 Å². The standard InChI is InChI=1S/C12H18N2O6S/c1-3-4-5-8(12(16)17)14-11(15)9-6-10(7(2)20-9)21(13,18)19/h6,8H,3-5H2,1-2H3,(H,14,15)(H,16,17)(H2,13,18,19)/t8-/m0/s1. The van der Waals surface area contributed by atoms with Crippen LogP contribution in [0.15, 0.2) is 15.4 Å². The van der Waals surface area contributed by atoms with Crippen molar-refractivity contribution in [2.75, 3.05) is 0 Å². The number of furan rings is 1. The Morgan fingerprint density at radius 3 is 2.52 bits per heavy atom. The van der Waals surface area contributed by atoms with Gasteiger partial charge in [-0.15, -0.1) is 0 Å². The number of hydrogen-bond donors (Lipinski definition) is 3. The lowest BCUT2D eigenvalue weighted by Gasteiger charge is -2.12. The molecule has 0 bridgehead atoms. The summed E-state index contributed by atoms with van der Waals surface area (Å²) in [6.45, 7) is 3.25. The summed E-state index contributed by atoms with van der Waals surface area (Å²) in [4.78, 5) is 22.7. The SMILES string of the molecule is CCCC[C@H](NC(=O)c1cc(S(N)(=O)=O)c(C)o1)C(=O)O. The fraction of sp³-hybridized carbons (Fsp3) is 0.500. The number of primary sulfonamides is 1. The van der Waals surface area contributed by atoms with E-state index in [1.807, 2.05) is 6.92 Å². The van der Waals surface area contributed by atoms with Crippen molar-refractivity contribution in [2.24, 2.45) is 5.14 Å². The van der Waals surface area contributed by atoms with E-state index in [-0.39, 0.29) is 22.8 Å². The van der Waals surface area contributed by atoms with Gasteiger partial charge in [-0.1, -0.05) is 19.8 Å². The van der Waals surface area contributed by atoms with Crippen LogP contribution in [0.4, 0.5) is 0 Å². The molecule has 0 saturated carbocycles. The molecular weight excluding hydrogens is 300 g/mol. The Labute approximate surface area is 122 Å².